The van der Waals surface area contributed by atoms with Crippen molar-refractivity contribution in [1.82, 2.24) is 0 Å². The Morgan fingerprint density at radius 3 is 2.32 bits per heavy atom. The maximum atomic E-state index is 13.8. The van der Waals surface area contributed by atoms with Crippen molar-refractivity contribution in [2.45, 2.75) is 20.0 Å². The number of benzene rings is 2. The van der Waals surface area contributed by atoms with Crippen LogP contribution in [0.5, 0.6) is 0 Å². The lowest BCUT2D eigenvalue weighted by Gasteiger charge is -2.16. The van der Waals surface area contributed by atoms with E-state index in [1.165, 1.54) is 42.5 Å². The van der Waals surface area contributed by atoms with E-state index in [9.17, 15) is 18.8 Å². The van der Waals surface area contributed by atoms with Gasteiger partial charge >= 0.3 is 5.97 Å². The van der Waals surface area contributed by atoms with Crippen LogP contribution < -0.4 is 10.2 Å². The number of rotatable bonds is 5. The van der Waals surface area contributed by atoms with Crippen molar-refractivity contribution >= 4 is 40.8 Å². The largest absolute Gasteiger partial charge is 0.459 e. The Kier molecular flexibility index (Phi) is 5.46. The second-order valence-corrected chi connectivity index (χ2v) is 6.62. The quantitative estimate of drug-likeness (QED) is 0.607. The third-order valence-corrected chi connectivity index (χ3v) is 4.22. The minimum atomic E-state index is -0.747. The van der Waals surface area contributed by atoms with Crippen molar-refractivity contribution in [3.63, 3.8) is 0 Å². The zero-order valence-corrected chi connectivity index (χ0v) is 15.8. The number of amides is 2. The van der Waals surface area contributed by atoms with Crippen molar-refractivity contribution in [2.75, 3.05) is 10.2 Å². The third-order valence-electron chi connectivity index (χ3n) is 3.86. The molecule has 0 bridgehead atoms. The monoisotopic (exact) mass is 402 g/mol. The molecule has 2 aromatic rings. The van der Waals surface area contributed by atoms with Gasteiger partial charge in [0.25, 0.3) is 11.8 Å². The number of halogens is 2. The van der Waals surface area contributed by atoms with Crippen molar-refractivity contribution in [3.05, 3.63) is 70.6 Å². The molecule has 2 amide bonds. The second kappa shape index (κ2) is 7.82. The number of para-hydroxylation sites is 1. The lowest BCUT2D eigenvalue weighted by molar-refractivity contribution is -0.120. The minimum absolute atomic E-state index is 0.0189. The van der Waals surface area contributed by atoms with Gasteiger partial charge < -0.3 is 10.1 Å². The van der Waals surface area contributed by atoms with Crippen molar-refractivity contribution in [3.8, 4) is 0 Å². The summed E-state index contributed by atoms with van der Waals surface area (Å²) >= 11 is 6.02. The molecule has 0 atom stereocenters. The number of hydrogen-bond acceptors (Lipinski definition) is 5. The van der Waals surface area contributed by atoms with E-state index in [1.54, 1.807) is 19.9 Å². The van der Waals surface area contributed by atoms with Gasteiger partial charge in [0.15, 0.2) is 0 Å². The van der Waals surface area contributed by atoms with Crippen LogP contribution in [0.25, 0.3) is 0 Å². The first-order chi connectivity index (χ1) is 13.3. The molecule has 1 aliphatic rings. The highest BCUT2D eigenvalue weighted by Crippen LogP contribution is 2.30. The minimum Gasteiger partial charge on any atom is -0.459 e. The molecule has 6 nitrogen and oxygen atoms in total. The molecule has 0 fully saturated rings. The average molecular weight is 403 g/mol. The Labute approximate surface area is 165 Å². The van der Waals surface area contributed by atoms with Crippen LogP contribution in [0.2, 0.25) is 0 Å². The predicted octanol–water partition coefficient (Wildman–Crippen LogP) is 3.83. The van der Waals surface area contributed by atoms with Gasteiger partial charge in [0.05, 0.1) is 23.0 Å². The summed E-state index contributed by atoms with van der Waals surface area (Å²) in [6, 6.07) is 11.5. The standard InChI is InChI=1S/C20H16ClFN2O4/c1-11(2)28-20(27)12-7-9-13(10-8-12)24-18(25)16(21)17(19(24)26)23-15-6-4-3-5-14(15)22/h3-11,23H,1-2H3. The lowest BCUT2D eigenvalue weighted by Crippen LogP contribution is -2.32. The first kappa shape index (κ1) is 19.6. The number of nitrogens with one attached hydrogen (secondary N) is 1. The van der Waals surface area contributed by atoms with Gasteiger partial charge in [-0.15, -0.1) is 0 Å². The lowest BCUT2D eigenvalue weighted by atomic mass is 10.2. The fraction of sp³-hybridized carbons (Fsp3) is 0.150. The molecule has 0 aliphatic carbocycles. The maximum Gasteiger partial charge on any atom is 0.338 e. The van der Waals surface area contributed by atoms with E-state index in [0.29, 0.717) is 0 Å². The molecule has 0 saturated carbocycles. The van der Waals surface area contributed by atoms with E-state index in [-0.39, 0.29) is 33.8 Å². The van der Waals surface area contributed by atoms with E-state index in [1.807, 2.05) is 0 Å². The van der Waals surface area contributed by atoms with Crippen LogP contribution in [0.1, 0.15) is 24.2 Å². The Morgan fingerprint density at radius 1 is 1.07 bits per heavy atom. The van der Waals surface area contributed by atoms with Crippen LogP contribution in [-0.2, 0) is 14.3 Å². The Balaban J connectivity index is 1.83. The molecule has 8 heteroatoms. The topological polar surface area (TPSA) is 75.7 Å². The highest BCUT2D eigenvalue weighted by Gasteiger charge is 2.39. The van der Waals surface area contributed by atoms with Gasteiger partial charge in [0.1, 0.15) is 16.5 Å². The molecule has 0 spiro atoms. The zero-order valence-electron chi connectivity index (χ0n) is 15.0. The molecule has 3 rings (SSSR count). The summed E-state index contributed by atoms with van der Waals surface area (Å²) in [5.74, 6) is -2.58. The first-order valence-corrected chi connectivity index (χ1v) is 8.78. The number of anilines is 2. The molecule has 28 heavy (non-hydrogen) atoms. The van der Waals surface area contributed by atoms with Gasteiger partial charge in [0, 0.05) is 0 Å². The van der Waals surface area contributed by atoms with Gasteiger partial charge in [-0.1, -0.05) is 23.7 Å². The molecule has 0 radical (unpaired) electrons. The van der Waals surface area contributed by atoms with Crippen molar-refractivity contribution < 1.29 is 23.5 Å². The summed E-state index contributed by atoms with van der Waals surface area (Å²) in [6.45, 7) is 3.46. The first-order valence-electron chi connectivity index (χ1n) is 8.40. The number of carbonyl (C=O) groups is 3. The maximum absolute atomic E-state index is 13.8. The Morgan fingerprint density at radius 2 is 1.71 bits per heavy atom. The van der Waals surface area contributed by atoms with E-state index in [0.717, 1.165) is 4.90 Å². The van der Waals surface area contributed by atoms with Crippen LogP contribution in [0.4, 0.5) is 15.8 Å². The highest BCUT2D eigenvalue weighted by molar-refractivity contribution is 6.53. The van der Waals surface area contributed by atoms with Crippen LogP contribution >= 0.6 is 11.6 Å². The summed E-state index contributed by atoms with van der Waals surface area (Å²) in [5, 5.41) is 2.23. The molecule has 144 valence electrons. The SMILES string of the molecule is CC(C)OC(=O)c1ccc(N2C(=O)C(Cl)=C(Nc3ccccc3F)C2=O)cc1. The summed E-state index contributed by atoms with van der Waals surface area (Å²) in [4.78, 5) is 37.9. The zero-order chi connectivity index (χ0) is 20.4. The fourth-order valence-corrected chi connectivity index (χ4v) is 2.78. The summed E-state index contributed by atoms with van der Waals surface area (Å²) in [7, 11) is 0. The highest BCUT2D eigenvalue weighted by atomic mass is 35.5. The van der Waals surface area contributed by atoms with Crippen molar-refractivity contribution in [1.29, 1.82) is 0 Å². The van der Waals surface area contributed by atoms with Crippen molar-refractivity contribution in [2.24, 2.45) is 0 Å². The predicted molar refractivity (Wildman–Crippen MR) is 102 cm³/mol. The van der Waals surface area contributed by atoms with E-state index in [2.05, 4.69) is 5.32 Å². The molecule has 2 aromatic carbocycles. The Hall–Kier alpha value is -3.19. The number of imide groups is 1. The third kappa shape index (κ3) is 3.75. The summed E-state index contributed by atoms with van der Waals surface area (Å²) in [6.07, 6.45) is -0.274. The van der Waals surface area contributed by atoms with E-state index >= 15 is 0 Å². The molecular weight excluding hydrogens is 387 g/mol. The smallest absolute Gasteiger partial charge is 0.338 e. The van der Waals surface area contributed by atoms with Crippen LogP contribution in [0, 0.1) is 5.82 Å². The number of ether oxygens (including phenoxy) is 1. The average Bonchev–Trinajstić information content (AvgIpc) is 2.86. The number of carbonyl (C=O) groups excluding carboxylic acids is 3. The molecule has 1 heterocycles. The fourth-order valence-electron chi connectivity index (χ4n) is 2.57. The number of esters is 1. The number of hydrogen-bond donors (Lipinski definition) is 1. The van der Waals surface area contributed by atoms with Crippen LogP contribution in [0.3, 0.4) is 0 Å². The molecule has 1 N–H and O–H groups in total. The molecule has 1 aliphatic heterocycles. The van der Waals surface area contributed by atoms with Gasteiger partial charge in [-0.2, -0.15) is 0 Å². The van der Waals surface area contributed by atoms with Gasteiger partial charge in [0.2, 0.25) is 0 Å². The normalized spacial score (nSPS) is 14.1. The Bertz CT molecular complexity index is 986. The van der Waals surface area contributed by atoms with Crippen LogP contribution in [0.15, 0.2) is 59.3 Å². The molecule has 0 saturated heterocycles. The van der Waals surface area contributed by atoms with Gasteiger partial charge in [-0.25, -0.2) is 14.1 Å². The summed E-state index contributed by atoms with van der Waals surface area (Å²) < 4.78 is 18.9. The van der Waals surface area contributed by atoms with Gasteiger partial charge in [-0.3, -0.25) is 9.59 Å². The van der Waals surface area contributed by atoms with E-state index in [4.69, 9.17) is 16.3 Å². The molecule has 0 aromatic heterocycles. The number of nitrogens with zero attached hydrogens (tertiary/aromatic N) is 1. The van der Waals surface area contributed by atoms with E-state index < -0.39 is 23.6 Å². The van der Waals surface area contributed by atoms with Gasteiger partial charge in [-0.05, 0) is 50.2 Å². The summed E-state index contributed by atoms with van der Waals surface area (Å²) in [5.41, 5.74) is 0.297. The molecule has 0 unspecified atom stereocenters. The molecular formula is C20H16ClFN2O4. The van der Waals surface area contributed by atoms with Crippen LogP contribution in [-0.4, -0.2) is 23.9 Å². The second-order valence-electron chi connectivity index (χ2n) is 6.24.